The Morgan fingerprint density at radius 1 is 1.07 bits per heavy atom. The fourth-order valence-electron chi connectivity index (χ4n) is 0.105. The van der Waals surface area contributed by atoms with Gasteiger partial charge in [-0.15, -0.1) is 0 Å². The van der Waals surface area contributed by atoms with Gasteiger partial charge in [0.1, 0.15) is 0 Å². The molecule has 0 heterocycles. The monoisotopic (exact) mass is 354 g/mol. The van der Waals surface area contributed by atoms with Crippen LogP contribution in [0, 0.1) is 0 Å². The van der Waals surface area contributed by atoms with Gasteiger partial charge in [-0.1, -0.05) is 0 Å². The molecule has 0 radical (unpaired) electrons. The van der Waals surface area contributed by atoms with Crippen LogP contribution in [0.15, 0.2) is 0 Å². The molecule has 3 N–H and O–H groups in total. The summed E-state index contributed by atoms with van der Waals surface area (Å²) in [5, 5.41) is 0. The molecule has 0 aliphatic carbocycles. The predicted molar refractivity (Wildman–Crippen MR) is 20.2 cm³/mol. The summed E-state index contributed by atoms with van der Waals surface area (Å²) < 4.78 is 89.2. The summed E-state index contributed by atoms with van der Waals surface area (Å²) in [6, 6.07) is 0. The molecule has 0 aliphatic rings. The molecule has 0 aromatic carbocycles. The van der Waals surface area contributed by atoms with Gasteiger partial charge < -0.3 is 0 Å². The van der Waals surface area contributed by atoms with Crippen LogP contribution in [0.3, 0.4) is 0 Å². The molecule has 0 aromatic heterocycles. The fraction of sp³-hybridized carbons (Fsp3) is 0. The summed E-state index contributed by atoms with van der Waals surface area (Å²) >= 11 is -11.8. The van der Waals surface area contributed by atoms with E-state index in [1.54, 1.807) is 0 Å². The van der Waals surface area contributed by atoms with Gasteiger partial charge in [-0.2, -0.15) is 8.42 Å². The first-order valence-corrected chi connectivity index (χ1v) is 7.66. The van der Waals surface area contributed by atoms with E-state index in [2.05, 4.69) is 2.84 Å². The predicted octanol–water partition coefficient (Wildman–Crippen LogP) is -5.94. The second-order valence-corrected chi connectivity index (χ2v) is 5.95. The van der Waals surface area contributed by atoms with Crippen molar-refractivity contribution in [2.24, 2.45) is 0 Å². The van der Waals surface area contributed by atoms with E-state index in [0.29, 0.717) is 0 Å². The van der Waals surface area contributed by atoms with E-state index >= 15 is 0 Å². The number of hydrogen-bond donors (Lipinski definition) is 3. The standard InChI is InChI=1S/2Cr.K.H2O4S.H2O.6O/c;;;1-5(2,3)4;;;;;;;/h;;;(H2,1,2,3,4);1H2;;;;;;/q;2*+1;;;;;;;;-1/p-1. The number of hydrogen-bond acceptors (Lipinski definition) is 8. The van der Waals surface area contributed by atoms with Gasteiger partial charge in [0.2, 0.25) is 0 Å². The summed E-state index contributed by atoms with van der Waals surface area (Å²) in [6.45, 7) is 0. The van der Waals surface area contributed by atoms with Gasteiger partial charge in [0.05, 0.1) is 0 Å². The molecule has 0 spiro atoms. The Morgan fingerprint density at radius 2 is 1.27 bits per heavy atom. The maximum atomic E-state index is 9.49. The second kappa shape index (κ2) is 7.88. The van der Waals surface area contributed by atoms with E-state index in [1.807, 2.05) is 0 Å². The van der Waals surface area contributed by atoms with Crippen molar-refractivity contribution in [2.45, 2.75) is 0 Å². The van der Waals surface area contributed by atoms with Crippen LogP contribution in [0.4, 0.5) is 0 Å². The molecule has 0 atom stereocenters. The molecule has 0 saturated heterocycles. The van der Waals surface area contributed by atoms with Crippen LogP contribution >= 0.6 is 0 Å². The molecule has 0 aromatic rings. The zero-order valence-corrected chi connectivity index (χ0v) is 13.3. The van der Waals surface area contributed by atoms with Crippen molar-refractivity contribution in [3.8, 4) is 0 Å². The van der Waals surface area contributed by atoms with Crippen molar-refractivity contribution in [1.82, 2.24) is 0 Å². The van der Waals surface area contributed by atoms with E-state index in [9.17, 15) is 19.4 Å². The normalized spacial score (nSPS) is 12.0. The molecule has 15 heteroatoms. The van der Waals surface area contributed by atoms with Crippen LogP contribution in [0.2, 0.25) is 0 Å². The zero-order chi connectivity index (χ0) is 12.2. The van der Waals surface area contributed by atoms with Crippen LogP contribution in [0.1, 0.15) is 0 Å². The van der Waals surface area contributed by atoms with Gasteiger partial charge in [0, 0.05) is 0 Å². The minimum absolute atomic E-state index is 0. The van der Waals surface area contributed by atoms with Crippen molar-refractivity contribution in [1.29, 1.82) is 0 Å². The molecule has 11 nitrogen and oxygen atoms in total. The molecule has 0 rings (SSSR count). The second-order valence-electron chi connectivity index (χ2n) is 1.35. The summed E-state index contributed by atoms with van der Waals surface area (Å²) in [4.78, 5) is 0. The van der Waals surface area contributed by atoms with Crippen LogP contribution < -0.4 is 55.5 Å². The molecule has 15 heavy (non-hydrogen) atoms. The Hall–Kier alpha value is 1.65. The zero-order valence-electron chi connectivity index (χ0n) is 6.83. The topological polar surface area (TPSA) is 195 Å². The van der Waals surface area contributed by atoms with Gasteiger partial charge >= 0.3 is 115 Å². The maximum absolute atomic E-state index is 9.49. The van der Waals surface area contributed by atoms with Crippen molar-refractivity contribution in [2.75, 3.05) is 0 Å². The Bertz CT molecular complexity index is 411. The third kappa shape index (κ3) is 49.8. The SMILES string of the molecule is O=S(=O)(O)O.[K+].[O]=[Cr](=[O])([O-])[O][Cr](=[O])(=[O])[OH]. The van der Waals surface area contributed by atoms with Crippen LogP contribution in [-0.4, -0.2) is 21.7 Å². The molecular formula is H3Cr2KO11S. The molecule has 0 bridgehead atoms. The molecule has 0 saturated carbocycles. The van der Waals surface area contributed by atoms with Crippen molar-refractivity contribution in [3.63, 3.8) is 0 Å². The first kappa shape index (κ1) is 21.9. The molecule has 88 valence electrons. The fourth-order valence-corrected chi connectivity index (χ4v) is 1.79. The van der Waals surface area contributed by atoms with E-state index in [-0.39, 0.29) is 51.4 Å². The first-order valence-electron chi connectivity index (χ1n) is 2.05. The van der Waals surface area contributed by atoms with Gasteiger partial charge in [-0.05, 0) is 0 Å². The van der Waals surface area contributed by atoms with Gasteiger partial charge in [-0.25, -0.2) is 0 Å². The summed E-state index contributed by atoms with van der Waals surface area (Å²) in [6.07, 6.45) is 0. The van der Waals surface area contributed by atoms with E-state index in [1.165, 1.54) is 0 Å². The molecule has 0 fully saturated rings. The van der Waals surface area contributed by atoms with Crippen molar-refractivity contribution >= 4 is 10.4 Å². The summed E-state index contributed by atoms with van der Waals surface area (Å²) in [7, 11) is -4.67. The average molecular weight is 354 g/mol. The molecule has 0 aliphatic heterocycles. The quantitative estimate of drug-likeness (QED) is 0.315. The molecular weight excluding hydrogens is 351 g/mol. The van der Waals surface area contributed by atoms with Crippen molar-refractivity contribution < 1.29 is 123 Å². The molecule has 0 amide bonds. The Morgan fingerprint density at radius 3 is 1.27 bits per heavy atom. The van der Waals surface area contributed by atoms with Gasteiger partial charge in [-0.3, -0.25) is 9.11 Å². The van der Waals surface area contributed by atoms with Crippen LogP contribution in [0.25, 0.3) is 0 Å². The summed E-state index contributed by atoms with van der Waals surface area (Å²) in [5.74, 6) is 0. The van der Waals surface area contributed by atoms with E-state index in [0.717, 1.165) is 0 Å². The average Bonchev–Trinajstić information content (AvgIpc) is 1.42. The van der Waals surface area contributed by atoms with Crippen molar-refractivity contribution in [3.05, 3.63) is 0 Å². The van der Waals surface area contributed by atoms with E-state index in [4.69, 9.17) is 21.7 Å². The third-order valence-corrected chi connectivity index (χ3v) is 2.88. The Kier molecular flexibility index (Phi) is 11.5. The third-order valence-electron chi connectivity index (χ3n) is 0.169. The van der Waals surface area contributed by atoms with Gasteiger partial charge in [0.15, 0.2) is 0 Å². The molecule has 0 unspecified atom stereocenters. The minimum atomic E-state index is -6.01. The first-order chi connectivity index (χ1) is 5.71. The van der Waals surface area contributed by atoms with Gasteiger partial charge in [0.25, 0.3) is 0 Å². The Balaban J connectivity index is -0.000000208. The van der Waals surface area contributed by atoms with Crippen LogP contribution in [0.5, 0.6) is 0 Å². The number of rotatable bonds is 2. The Labute approximate surface area is 131 Å². The summed E-state index contributed by atoms with van der Waals surface area (Å²) in [5.41, 5.74) is 0. The van der Waals surface area contributed by atoms with Crippen LogP contribution in [-0.2, 0) is 55.7 Å². The van der Waals surface area contributed by atoms with E-state index < -0.39 is 37.6 Å².